The van der Waals surface area contributed by atoms with Crippen molar-refractivity contribution < 1.29 is 14.6 Å². The molecule has 0 radical (unpaired) electrons. The Morgan fingerprint density at radius 2 is 1.85 bits per heavy atom. The molecule has 1 heterocycles. The maximum Gasteiger partial charge on any atom is 0.124 e. The number of methoxy groups -OCH3 is 2. The molecule has 0 fully saturated rings. The summed E-state index contributed by atoms with van der Waals surface area (Å²) in [5.74, 6) is 0.810. The van der Waals surface area contributed by atoms with Gasteiger partial charge in [0.15, 0.2) is 0 Å². The van der Waals surface area contributed by atoms with Crippen LogP contribution < -0.4 is 4.74 Å². The molecule has 5 heteroatoms. The minimum absolute atomic E-state index is 0.395. The summed E-state index contributed by atoms with van der Waals surface area (Å²) < 4.78 is 10.3. The van der Waals surface area contributed by atoms with Crippen LogP contribution >= 0.6 is 11.3 Å². The van der Waals surface area contributed by atoms with Crippen molar-refractivity contribution in [2.45, 2.75) is 26.1 Å². The summed E-state index contributed by atoms with van der Waals surface area (Å²) in [7, 11) is 3.27. The van der Waals surface area contributed by atoms with Crippen LogP contribution in [0.4, 0.5) is 0 Å². The predicted molar refractivity (Wildman–Crippen MR) is 80.1 cm³/mol. The summed E-state index contributed by atoms with van der Waals surface area (Å²) in [6.45, 7) is 3.92. The molecule has 0 amide bonds. The molecule has 0 aliphatic heterocycles. The van der Waals surface area contributed by atoms with Crippen molar-refractivity contribution in [3.63, 3.8) is 0 Å². The summed E-state index contributed by atoms with van der Waals surface area (Å²) >= 11 is 1.49. The van der Waals surface area contributed by atoms with Gasteiger partial charge in [0.2, 0.25) is 0 Å². The van der Waals surface area contributed by atoms with E-state index in [1.54, 1.807) is 28.1 Å². The lowest BCUT2D eigenvalue weighted by molar-refractivity contribution is 0.0782. The maximum absolute atomic E-state index is 10.2. The summed E-state index contributed by atoms with van der Waals surface area (Å²) in [4.78, 5) is 5.42. The van der Waals surface area contributed by atoms with Gasteiger partial charge in [0.05, 0.1) is 29.9 Å². The van der Waals surface area contributed by atoms with Crippen LogP contribution in [0.25, 0.3) is 10.6 Å². The number of ether oxygens (including phenoxy) is 2. The van der Waals surface area contributed by atoms with Gasteiger partial charge in [-0.25, -0.2) is 4.98 Å². The van der Waals surface area contributed by atoms with Gasteiger partial charge in [0.1, 0.15) is 10.8 Å². The fourth-order valence-electron chi connectivity index (χ4n) is 1.92. The Morgan fingerprint density at radius 1 is 1.20 bits per heavy atom. The van der Waals surface area contributed by atoms with Gasteiger partial charge in [-0.05, 0) is 38.1 Å². The molecule has 0 aliphatic rings. The molecule has 0 spiro atoms. The third kappa shape index (κ3) is 3.17. The highest BCUT2D eigenvalue weighted by molar-refractivity contribution is 7.15. The lowest BCUT2D eigenvalue weighted by atomic mass is 10.1. The summed E-state index contributed by atoms with van der Waals surface area (Å²) in [6, 6.07) is 7.72. The van der Waals surface area contributed by atoms with Crippen molar-refractivity contribution in [1.82, 2.24) is 4.98 Å². The molecule has 20 heavy (non-hydrogen) atoms. The Labute approximate surface area is 123 Å². The van der Waals surface area contributed by atoms with Crippen LogP contribution in [0.15, 0.2) is 24.3 Å². The van der Waals surface area contributed by atoms with E-state index in [1.165, 1.54) is 11.3 Å². The van der Waals surface area contributed by atoms with E-state index in [0.717, 1.165) is 26.9 Å². The number of hydrogen-bond acceptors (Lipinski definition) is 5. The van der Waals surface area contributed by atoms with E-state index in [9.17, 15) is 5.11 Å². The van der Waals surface area contributed by atoms with Gasteiger partial charge in [-0.3, -0.25) is 0 Å². The Bertz CT molecular complexity index is 570. The zero-order valence-electron chi connectivity index (χ0n) is 12.1. The van der Waals surface area contributed by atoms with E-state index in [1.807, 2.05) is 24.3 Å². The second-order valence-electron chi connectivity index (χ2n) is 5.02. The van der Waals surface area contributed by atoms with Crippen LogP contribution in [0.5, 0.6) is 5.75 Å². The molecule has 0 unspecified atom stereocenters. The molecular formula is C15H19NO3S. The van der Waals surface area contributed by atoms with Gasteiger partial charge < -0.3 is 14.6 Å². The highest BCUT2D eigenvalue weighted by atomic mass is 32.1. The van der Waals surface area contributed by atoms with E-state index >= 15 is 0 Å². The molecule has 108 valence electrons. The quantitative estimate of drug-likeness (QED) is 0.920. The average molecular weight is 293 g/mol. The smallest absolute Gasteiger partial charge is 0.124 e. The number of benzene rings is 1. The van der Waals surface area contributed by atoms with Crippen molar-refractivity contribution in [1.29, 1.82) is 0 Å². The monoisotopic (exact) mass is 293 g/mol. The van der Waals surface area contributed by atoms with Crippen LogP contribution in [0.3, 0.4) is 0 Å². The first-order chi connectivity index (χ1) is 9.45. The van der Waals surface area contributed by atoms with Crippen LogP contribution in [0.1, 0.15) is 24.4 Å². The van der Waals surface area contributed by atoms with Crippen LogP contribution in [0.2, 0.25) is 0 Å². The van der Waals surface area contributed by atoms with Gasteiger partial charge in [-0.1, -0.05) is 0 Å². The molecule has 0 atom stereocenters. The number of rotatable bonds is 5. The van der Waals surface area contributed by atoms with Crippen LogP contribution in [0, 0.1) is 0 Å². The number of nitrogens with zero attached hydrogens (tertiary/aromatic N) is 1. The van der Waals surface area contributed by atoms with Crippen molar-refractivity contribution in [3.05, 3.63) is 34.8 Å². The standard InChI is InChI=1S/C15H19NO3S/c1-15(2,17)13-12(9-18-3)16-14(20-13)10-5-7-11(19-4)8-6-10/h5-8,17H,9H2,1-4H3. The highest BCUT2D eigenvalue weighted by Crippen LogP contribution is 2.35. The molecule has 0 bridgehead atoms. The zero-order valence-corrected chi connectivity index (χ0v) is 13.0. The first-order valence-electron chi connectivity index (χ1n) is 6.31. The van der Waals surface area contributed by atoms with Crippen molar-refractivity contribution in [3.8, 4) is 16.3 Å². The summed E-state index contributed by atoms with van der Waals surface area (Å²) in [5, 5.41) is 11.1. The SMILES string of the molecule is COCc1nc(-c2ccc(OC)cc2)sc1C(C)(C)O. The molecule has 1 aromatic carbocycles. The largest absolute Gasteiger partial charge is 0.497 e. The third-order valence-corrected chi connectivity index (χ3v) is 4.33. The number of aliphatic hydroxyl groups is 1. The molecule has 2 aromatic rings. The van der Waals surface area contributed by atoms with E-state index in [2.05, 4.69) is 4.98 Å². The molecule has 2 rings (SSSR count). The van der Waals surface area contributed by atoms with Crippen LogP contribution in [-0.2, 0) is 16.9 Å². The molecule has 0 saturated carbocycles. The maximum atomic E-state index is 10.2. The second kappa shape index (κ2) is 5.91. The van der Waals surface area contributed by atoms with Crippen molar-refractivity contribution in [2.24, 2.45) is 0 Å². The van der Waals surface area contributed by atoms with Crippen molar-refractivity contribution in [2.75, 3.05) is 14.2 Å². The second-order valence-corrected chi connectivity index (χ2v) is 6.01. The minimum atomic E-state index is -0.920. The topological polar surface area (TPSA) is 51.6 Å². The molecule has 0 saturated heterocycles. The number of thiazole rings is 1. The Balaban J connectivity index is 2.41. The summed E-state index contributed by atoms with van der Waals surface area (Å²) in [5.41, 5.74) is 0.871. The lowest BCUT2D eigenvalue weighted by Crippen LogP contribution is -2.16. The lowest BCUT2D eigenvalue weighted by Gasteiger charge is -2.16. The highest BCUT2D eigenvalue weighted by Gasteiger charge is 2.25. The Hall–Kier alpha value is -1.43. The predicted octanol–water partition coefficient (Wildman–Crippen LogP) is 3.19. The van der Waals surface area contributed by atoms with Gasteiger partial charge in [-0.15, -0.1) is 11.3 Å². The van der Waals surface area contributed by atoms with Gasteiger partial charge in [0, 0.05) is 12.7 Å². The Kier molecular flexibility index (Phi) is 4.42. The molecule has 1 aromatic heterocycles. The van der Waals surface area contributed by atoms with E-state index in [-0.39, 0.29) is 0 Å². The van der Waals surface area contributed by atoms with Gasteiger partial charge in [-0.2, -0.15) is 0 Å². The molecule has 4 nitrogen and oxygen atoms in total. The first-order valence-corrected chi connectivity index (χ1v) is 7.13. The van der Waals surface area contributed by atoms with E-state index in [0.29, 0.717) is 6.61 Å². The Morgan fingerprint density at radius 3 is 2.35 bits per heavy atom. The fraction of sp³-hybridized carbons (Fsp3) is 0.400. The zero-order chi connectivity index (χ0) is 14.8. The summed E-state index contributed by atoms with van der Waals surface area (Å²) in [6.07, 6.45) is 0. The molecule has 1 N–H and O–H groups in total. The van der Waals surface area contributed by atoms with Crippen molar-refractivity contribution >= 4 is 11.3 Å². The van der Waals surface area contributed by atoms with Gasteiger partial charge >= 0.3 is 0 Å². The van der Waals surface area contributed by atoms with Crippen LogP contribution in [-0.4, -0.2) is 24.3 Å². The molecule has 0 aliphatic carbocycles. The van der Waals surface area contributed by atoms with E-state index in [4.69, 9.17) is 9.47 Å². The normalized spacial score (nSPS) is 11.7. The number of hydrogen-bond donors (Lipinski definition) is 1. The fourth-order valence-corrected chi connectivity index (χ4v) is 3.00. The molecular weight excluding hydrogens is 274 g/mol. The third-order valence-electron chi connectivity index (χ3n) is 2.87. The van der Waals surface area contributed by atoms with E-state index < -0.39 is 5.60 Å². The number of aromatic nitrogens is 1. The average Bonchev–Trinajstić information content (AvgIpc) is 2.83. The minimum Gasteiger partial charge on any atom is -0.497 e. The first kappa shape index (κ1) is 15.0. The van der Waals surface area contributed by atoms with Gasteiger partial charge in [0.25, 0.3) is 0 Å².